The Hall–Kier alpha value is -1.74. The number of aromatic nitrogens is 2. The maximum Gasteiger partial charge on any atom is 0.0544 e. The lowest BCUT2D eigenvalue weighted by Gasteiger charge is -2.19. The molecule has 0 bridgehead atoms. The molecule has 2 rings (SSSR count). The minimum atomic E-state index is 0.299. The van der Waals surface area contributed by atoms with E-state index in [-0.39, 0.29) is 0 Å². The quantitative estimate of drug-likeness (QED) is 0.873. The maximum atomic E-state index is 4.00. The lowest BCUT2D eigenvalue weighted by molar-refractivity contribution is 0.526. The van der Waals surface area contributed by atoms with Gasteiger partial charge in [-0.15, -0.1) is 0 Å². The molecule has 20 heavy (non-hydrogen) atoms. The molecule has 0 aliphatic carbocycles. The van der Waals surface area contributed by atoms with Crippen molar-refractivity contribution in [2.24, 2.45) is 0 Å². The molecule has 0 saturated heterocycles. The number of hydrogen-bond acceptors (Lipinski definition) is 3. The third-order valence-electron chi connectivity index (χ3n) is 3.66. The Labute approximate surface area is 121 Å². The highest BCUT2D eigenvalue weighted by Gasteiger charge is 2.12. The van der Waals surface area contributed by atoms with E-state index in [1.54, 1.807) is 6.20 Å². The topological polar surface area (TPSA) is 37.8 Å². The van der Waals surface area contributed by atoms with Gasteiger partial charge in [0.1, 0.15) is 0 Å². The van der Waals surface area contributed by atoms with Crippen LogP contribution < -0.4 is 5.32 Å². The summed E-state index contributed by atoms with van der Waals surface area (Å²) in [6.07, 6.45) is 5.72. The maximum absolute atomic E-state index is 4.00. The number of nitrogens with one attached hydrogen (secondary N) is 1. The minimum absolute atomic E-state index is 0.299. The number of benzene rings is 1. The van der Waals surface area contributed by atoms with Crippen LogP contribution in [0.4, 0.5) is 0 Å². The Balaban J connectivity index is 2.17. The summed E-state index contributed by atoms with van der Waals surface area (Å²) < 4.78 is 0. The molecule has 1 atom stereocenters. The van der Waals surface area contributed by atoms with Gasteiger partial charge < -0.3 is 5.32 Å². The molecule has 1 N–H and O–H groups in total. The second kappa shape index (κ2) is 7.15. The highest BCUT2D eigenvalue weighted by Crippen LogP contribution is 2.19. The molecule has 106 valence electrons. The fraction of sp³-hybridized carbons (Fsp3) is 0.412. The van der Waals surface area contributed by atoms with Crippen LogP contribution in [0, 0.1) is 13.8 Å². The number of aryl methyl sites for hydroxylation is 2. The first-order valence-electron chi connectivity index (χ1n) is 7.26. The average molecular weight is 269 g/mol. The van der Waals surface area contributed by atoms with Crippen LogP contribution in [0.25, 0.3) is 0 Å². The van der Waals surface area contributed by atoms with Crippen LogP contribution in [0.15, 0.2) is 36.7 Å². The van der Waals surface area contributed by atoms with Crippen molar-refractivity contribution in [3.63, 3.8) is 0 Å². The fourth-order valence-electron chi connectivity index (χ4n) is 2.30. The van der Waals surface area contributed by atoms with E-state index in [1.165, 1.54) is 22.3 Å². The Kier molecular flexibility index (Phi) is 5.24. The van der Waals surface area contributed by atoms with Crippen molar-refractivity contribution in [1.82, 2.24) is 15.5 Å². The van der Waals surface area contributed by atoms with E-state index in [0.717, 1.165) is 19.4 Å². The summed E-state index contributed by atoms with van der Waals surface area (Å²) >= 11 is 0. The highest BCUT2D eigenvalue weighted by atomic mass is 15.1. The molecule has 1 aromatic heterocycles. The molecule has 0 aliphatic rings. The molecule has 3 nitrogen and oxygen atoms in total. The molecule has 0 aliphatic heterocycles. The second-order valence-corrected chi connectivity index (χ2v) is 5.31. The van der Waals surface area contributed by atoms with Crippen molar-refractivity contribution >= 4 is 0 Å². The standard InChI is InChI=1S/C17H23N3/c1-4-8-18-17(16-7-9-19-20-12-16)11-15-6-5-13(2)14(3)10-15/h5-7,9-10,12,17-18H,4,8,11H2,1-3H3. The van der Waals surface area contributed by atoms with Gasteiger partial charge in [-0.25, -0.2) is 0 Å². The zero-order valence-electron chi connectivity index (χ0n) is 12.6. The lowest BCUT2D eigenvalue weighted by atomic mass is 9.97. The first-order chi connectivity index (χ1) is 9.70. The van der Waals surface area contributed by atoms with E-state index in [0.29, 0.717) is 6.04 Å². The van der Waals surface area contributed by atoms with Gasteiger partial charge in [-0.1, -0.05) is 25.1 Å². The number of rotatable bonds is 6. The van der Waals surface area contributed by atoms with Gasteiger partial charge in [0.25, 0.3) is 0 Å². The Morgan fingerprint density at radius 1 is 1.10 bits per heavy atom. The van der Waals surface area contributed by atoms with Crippen molar-refractivity contribution in [3.05, 3.63) is 58.9 Å². The van der Waals surface area contributed by atoms with Gasteiger partial charge >= 0.3 is 0 Å². The van der Waals surface area contributed by atoms with Crippen LogP contribution in [-0.4, -0.2) is 16.7 Å². The molecule has 0 amide bonds. The summed E-state index contributed by atoms with van der Waals surface area (Å²) in [4.78, 5) is 0. The number of hydrogen-bond donors (Lipinski definition) is 1. The van der Waals surface area contributed by atoms with Crippen molar-refractivity contribution in [1.29, 1.82) is 0 Å². The summed E-state index contributed by atoms with van der Waals surface area (Å²) in [6, 6.07) is 9.04. The Morgan fingerprint density at radius 2 is 1.95 bits per heavy atom. The first kappa shape index (κ1) is 14.7. The van der Waals surface area contributed by atoms with Gasteiger partial charge in [0, 0.05) is 12.2 Å². The van der Waals surface area contributed by atoms with E-state index >= 15 is 0 Å². The number of nitrogens with zero attached hydrogens (tertiary/aromatic N) is 2. The zero-order chi connectivity index (χ0) is 14.4. The molecule has 0 saturated carbocycles. The summed E-state index contributed by atoms with van der Waals surface area (Å²) in [5.41, 5.74) is 5.26. The molecular formula is C17H23N3. The van der Waals surface area contributed by atoms with Crippen molar-refractivity contribution < 1.29 is 0 Å². The summed E-state index contributed by atoms with van der Waals surface area (Å²) in [5.74, 6) is 0. The molecular weight excluding hydrogens is 246 g/mol. The molecule has 3 heteroatoms. The van der Waals surface area contributed by atoms with Crippen molar-refractivity contribution in [2.75, 3.05) is 6.54 Å². The highest BCUT2D eigenvalue weighted by molar-refractivity contribution is 5.31. The van der Waals surface area contributed by atoms with Gasteiger partial charge in [0.2, 0.25) is 0 Å². The van der Waals surface area contributed by atoms with E-state index < -0.39 is 0 Å². The summed E-state index contributed by atoms with van der Waals surface area (Å²) in [6.45, 7) is 7.52. The van der Waals surface area contributed by atoms with Crippen LogP contribution in [0.1, 0.15) is 41.6 Å². The third kappa shape index (κ3) is 3.87. The van der Waals surface area contributed by atoms with Gasteiger partial charge in [-0.05, 0) is 61.6 Å². The van der Waals surface area contributed by atoms with Crippen LogP contribution >= 0.6 is 0 Å². The predicted octanol–water partition coefficient (Wildman–Crippen LogP) is 3.38. The monoisotopic (exact) mass is 269 g/mol. The second-order valence-electron chi connectivity index (χ2n) is 5.31. The molecule has 0 fully saturated rings. The molecule has 0 spiro atoms. The summed E-state index contributed by atoms with van der Waals surface area (Å²) in [7, 11) is 0. The lowest BCUT2D eigenvalue weighted by Crippen LogP contribution is -2.24. The van der Waals surface area contributed by atoms with E-state index in [4.69, 9.17) is 0 Å². The summed E-state index contributed by atoms with van der Waals surface area (Å²) in [5, 5.41) is 11.5. The van der Waals surface area contributed by atoms with Crippen molar-refractivity contribution in [2.45, 2.75) is 39.7 Å². The molecule has 2 aromatic rings. The molecule has 0 radical (unpaired) electrons. The van der Waals surface area contributed by atoms with Crippen LogP contribution in [-0.2, 0) is 6.42 Å². The van der Waals surface area contributed by atoms with E-state index in [1.807, 2.05) is 12.3 Å². The minimum Gasteiger partial charge on any atom is -0.310 e. The molecule has 1 heterocycles. The van der Waals surface area contributed by atoms with E-state index in [9.17, 15) is 0 Å². The zero-order valence-corrected chi connectivity index (χ0v) is 12.6. The Morgan fingerprint density at radius 3 is 2.60 bits per heavy atom. The SMILES string of the molecule is CCCNC(Cc1ccc(C)c(C)c1)c1ccnnc1. The van der Waals surface area contributed by atoms with Crippen LogP contribution in [0.3, 0.4) is 0 Å². The van der Waals surface area contributed by atoms with Crippen LogP contribution in [0.5, 0.6) is 0 Å². The molecule has 1 aromatic carbocycles. The third-order valence-corrected chi connectivity index (χ3v) is 3.66. The van der Waals surface area contributed by atoms with Gasteiger partial charge in [0.15, 0.2) is 0 Å². The van der Waals surface area contributed by atoms with Gasteiger partial charge in [-0.3, -0.25) is 0 Å². The average Bonchev–Trinajstić information content (AvgIpc) is 2.48. The first-order valence-corrected chi connectivity index (χ1v) is 7.26. The van der Waals surface area contributed by atoms with E-state index in [2.05, 4.69) is 54.5 Å². The predicted molar refractivity (Wildman–Crippen MR) is 82.7 cm³/mol. The molecule has 1 unspecified atom stereocenters. The van der Waals surface area contributed by atoms with Gasteiger partial charge in [-0.2, -0.15) is 10.2 Å². The smallest absolute Gasteiger partial charge is 0.0544 e. The fourth-order valence-corrected chi connectivity index (χ4v) is 2.30. The van der Waals surface area contributed by atoms with Gasteiger partial charge in [0.05, 0.1) is 6.20 Å². The Bertz CT molecular complexity index is 537. The van der Waals surface area contributed by atoms with Crippen molar-refractivity contribution in [3.8, 4) is 0 Å². The largest absolute Gasteiger partial charge is 0.310 e. The van der Waals surface area contributed by atoms with Crippen LogP contribution in [0.2, 0.25) is 0 Å². The normalized spacial score (nSPS) is 12.3.